The molecule has 0 unspecified atom stereocenters. The highest BCUT2D eigenvalue weighted by Gasteiger charge is 2.03. The molecular weight excluding hydrogens is 232 g/mol. The van der Waals surface area contributed by atoms with Gasteiger partial charge in [0.1, 0.15) is 0 Å². The van der Waals surface area contributed by atoms with Crippen molar-refractivity contribution in [1.82, 2.24) is 10.6 Å². The van der Waals surface area contributed by atoms with Gasteiger partial charge in [0.2, 0.25) is 0 Å². The number of aryl methyl sites for hydroxylation is 1. The number of nitrogens with one attached hydrogen (secondary N) is 2. The first-order valence-corrected chi connectivity index (χ1v) is 5.87. The van der Waals surface area contributed by atoms with E-state index in [4.69, 9.17) is 5.11 Å². The van der Waals surface area contributed by atoms with Crippen LogP contribution in [0.2, 0.25) is 0 Å². The van der Waals surface area contributed by atoms with Crippen molar-refractivity contribution in [3.8, 4) is 0 Å². The van der Waals surface area contributed by atoms with Crippen LogP contribution < -0.4 is 10.6 Å². The quantitative estimate of drug-likeness (QED) is 0.625. The Bertz CT molecular complexity index is 401. The fourth-order valence-corrected chi connectivity index (χ4v) is 1.39. The van der Waals surface area contributed by atoms with E-state index in [-0.39, 0.29) is 12.3 Å². The predicted octanol–water partition coefficient (Wildman–Crippen LogP) is 0.789. The third-order valence-electron chi connectivity index (χ3n) is 2.42. The Morgan fingerprint density at radius 2 is 1.78 bits per heavy atom. The highest BCUT2D eigenvalue weighted by atomic mass is 16.4. The lowest BCUT2D eigenvalue weighted by Crippen LogP contribution is -2.32. The molecule has 18 heavy (non-hydrogen) atoms. The largest absolute Gasteiger partial charge is 0.481 e. The van der Waals surface area contributed by atoms with Crippen LogP contribution >= 0.6 is 0 Å². The van der Waals surface area contributed by atoms with Crippen LogP contribution in [0.1, 0.15) is 22.3 Å². The molecule has 0 saturated heterocycles. The molecule has 0 aromatic heterocycles. The van der Waals surface area contributed by atoms with Crippen LogP contribution in [0.3, 0.4) is 0 Å². The van der Waals surface area contributed by atoms with E-state index in [0.717, 1.165) is 5.56 Å². The van der Waals surface area contributed by atoms with Crippen LogP contribution in [0.4, 0.5) is 0 Å². The molecule has 5 nitrogen and oxygen atoms in total. The SMILES string of the molecule is Cc1ccc(C(=O)NCCNCCC(=O)O)cc1. The molecule has 0 aliphatic carbocycles. The van der Waals surface area contributed by atoms with Gasteiger partial charge in [-0.15, -0.1) is 0 Å². The minimum Gasteiger partial charge on any atom is -0.481 e. The summed E-state index contributed by atoms with van der Waals surface area (Å²) in [6, 6.07) is 7.34. The molecule has 1 rings (SSSR count). The Labute approximate surface area is 106 Å². The van der Waals surface area contributed by atoms with E-state index in [1.165, 1.54) is 0 Å². The summed E-state index contributed by atoms with van der Waals surface area (Å²) < 4.78 is 0. The number of hydrogen-bond acceptors (Lipinski definition) is 3. The first-order valence-electron chi connectivity index (χ1n) is 5.87. The van der Waals surface area contributed by atoms with Gasteiger partial charge in [-0.2, -0.15) is 0 Å². The average molecular weight is 250 g/mol. The zero-order chi connectivity index (χ0) is 13.4. The maximum atomic E-state index is 11.7. The molecule has 0 bridgehead atoms. The van der Waals surface area contributed by atoms with E-state index in [0.29, 0.717) is 25.2 Å². The topological polar surface area (TPSA) is 78.4 Å². The van der Waals surface area contributed by atoms with Crippen molar-refractivity contribution in [2.45, 2.75) is 13.3 Å². The van der Waals surface area contributed by atoms with Crippen LogP contribution in [-0.4, -0.2) is 36.6 Å². The van der Waals surface area contributed by atoms with Crippen molar-refractivity contribution in [1.29, 1.82) is 0 Å². The number of carboxylic acid groups (broad SMARTS) is 1. The maximum absolute atomic E-state index is 11.7. The summed E-state index contributed by atoms with van der Waals surface area (Å²) in [5.74, 6) is -0.943. The number of amides is 1. The third-order valence-corrected chi connectivity index (χ3v) is 2.42. The summed E-state index contributed by atoms with van der Waals surface area (Å²) in [6.07, 6.45) is 0.0892. The number of carbonyl (C=O) groups is 2. The van der Waals surface area contributed by atoms with Crippen LogP contribution in [0, 0.1) is 6.92 Å². The van der Waals surface area contributed by atoms with Gasteiger partial charge in [0, 0.05) is 25.2 Å². The predicted molar refractivity (Wildman–Crippen MR) is 68.6 cm³/mol. The molecule has 0 aliphatic rings. The second-order valence-corrected chi connectivity index (χ2v) is 4.02. The molecule has 5 heteroatoms. The molecule has 1 aromatic carbocycles. The van der Waals surface area contributed by atoms with Crippen molar-refractivity contribution in [2.24, 2.45) is 0 Å². The molecule has 3 N–H and O–H groups in total. The van der Waals surface area contributed by atoms with E-state index in [1.54, 1.807) is 12.1 Å². The number of carboxylic acids is 1. The monoisotopic (exact) mass is 250 g/mol. The second-order valence-electron chi connectivity index (χ2n) is 4.02. The highest BCUT2D eigenvalue weighted by Crippen LogP contribution is 2.02. The fourth-order valence-electron chi connectivity index (χ4n) is 1.39. The molecule has 0 atom stereocenters. The van der Waals surface area contributed by atoms with Gasteiger partial charge in [-0.05, 0) is 19.1 Å². The molecule has 98 valence electrons. The number of rotatable bonds is 7. The van der Waals surface area contributed by atoms with Crippen molar-refractivity contribution in [3.63, 3.8) is 0 Å². The van der Waals surface area contributed by atoms with Crippen LogP contribution in [-0.2, 0) is 4.79 Å². The van der Waals surface area contributed by atoms with E-state index >= 15 is 0 Å². The number of aliphatic carboxylic acids is 1. The van der Waals surface area contributed by atoms with Crippen molar-refractivity contribution in [3.05, 3.63) is 35.4 Å². The summed E-state index contributed by atoms with van der Waals surface area (Å²) in [5.41, 5.74) is 1.74. The van der Waals surface area contributed by atoms with Gasteiger partial charge in [0.25, 0.3) is 5.91 Å². The molecule has 1 amide bonds. The molecule has 0 aliphatic heterocycles. The zero-order valence-corrected chi connectivity index (χ0v) is 10.4. The Morgan fingerprint density at radius 3 is 2.39 bits per heavy atom. The van der Waals surface area contributed by atoms with Crippen LogP contribution in [0.25, 0.3) is 0 Å². The van der Waals surface area contributed by atoms with Gasteiger partial charge < -0.3 is 15.7 Å². The number of hydrogen-bond donors (Lipinski definition) is 3. The molecule has 0 radical (unpaired) electrons. The minimum absolute atomic E-state index is 0.0892. The standard InChI is InChI=1S/C13H18N2O3/c1-10-2-4-11(5-3-10)13(18)15-9-8-14-7-6-12(16)17/h2-5,14H,6-9H2,1H3,(H,15,18)(H,16,17). The first-order chi connectivity index (χ1) is 8.59. The zero-order valence-electron chi connectivity index (χ0n) is 10.4. The van der Waals surface area contributed by atoms with Gasteiger partial charge in [0.05, 0.1) is 6.42 Å². The van der Waals surface area contributed by atoms with Gasteiger partial charge >= 0.3 is 5.97 Å². The molecule has 0 fully saturated rings. The van der Waals surface area contributed by atoms with E-state index < -0.39 is 5.97 Å². The van der Waals surface area contributed by atoms with Crippen molar-refractivity contribution in [2.75, 3.05) is 19.6 Å². The normalized spacial score (nSPS) is 10.1. The van der Waals surface area contributed by atoms with E-state index in [1.807, 2.05) is 19.1 Å². The van der Waals surface area contributed by atoms with Gasteiger partial charge in [-0.3, -0.25) is 9.59 Å². The van der Waals surface area contributed by atoms with Gasteiger partial charge in [-0.1, -0.05) is 17.7 Å². The van der Waals surface area contributed by atoms with Crippen LogP contribution in [0.15, 0.2) is 24.3 Å². The lowest BCUT2D eigenvalue weighted by atomic mass is 10.1. The summed E-state index contributed by atoms with van der Waals surface area (Å²) >= 11 is 0. The van der Waals surface area contributed by atoms with Crippen molar-refractivity contribution >= 4 is 11.9 Å². The molecular formula is C13H18N2O3. The average Bonchev–Trinajstić information content (AvgIpc) is 2.34. The highest BCUT2D eigenvalue weighted by molar-refractivity contribution is 5.94. The number of carbonyl (C=O) groups excluding carboxylic acids is 1. The van der Waals surface area contributed by atoms with Gasteiger partial charge in [-0.25, -0.2) is 0 Å². The van der Waals surface area contributed by atoms with E-state index in [2.05, 4.69) is 10.6 Å². The molecule has 0 spiro atoms. The lowest BCUT2D eigenvalue weighted by Gasteiger charge is -2.06. The Balaban J connectivity index is 2.17. The van der Waals surface area contributed by atoms with Crippen molar-refractivity contribution < 1.29 is 14.7 Å². The summed E-state index contributed by atoms with van der Waals surface area (Å²) in [7, 11) is 0. The van der Waals surface area contributed by atoms with Gasteiger partial charge in [0.15, 0.2) is 0 Å². The Kier molecular flexibility index (Phi) is 5.87. The number of benzene rings is 1. The first kappa shape index (κ1) is 14.2. The summed E-state index contributed by atoms with van der Waals surface area (Å²) in [5, 5.41) is 14.1. The smallest absolute Gasteiger partial charge is 0.304 e. The summed E-state index contributed by atoms with van der Waals surface area (Å²) in [6.45, 7) is 3.42. The Hall–Kier alpha value is -1.88. The molecule has 0 heterocycles. The van der Waals surface area contributed by atoms with Crippen LogP contribution in [0.5, 0.6) is 0 Å². The third kappa shape index (κ3) is 5.45. The molecule has 0 saturated carbocycles. The fraction of sp³-hybridized carbons (Fsp3) is 0.385. The second kappa shape index (κ2) is 7.45. The maximum Gasteiger partial charge on any atom is 0.304 e. The lowest BCUT2D eigenvalue weighted by molar-refractivity contribution is -0.136. The molecule has 1 aromatic rings. The van der Waals surface area contributed by atoms with E-state index in [9.17, 15) is 9.59 Å². The summed E-state index contributed by atoms with van der Waals surface area (Å²) in [4.78, 5) is 21.9. The Morgan fingerprint density at radius 1 is 1.11 bits per heavy atom. The minimum atomic E-state index is -0.828.